The van der Waals surface area contributed by atoms with Gasteiger partial charge >= 0.3 is 0 Å². The van der Waals surface area contributed by atoms with Gasteiger partial charge in [0.2, 0.25) is 11.7 Å². The zero-order valence-electron chi connectivity index (χ0n) is 16.2. The van der Waals surface area contributed by atoms with Crippen LogP contribution in [0.2, 0.25) is 0 Å². The van der Waals surface area contributed by atoms with Crippen LogP contribution in [0, 0.1) is 19.7 Å². The van der Waals surface area contributed by atoms with E-state index < -0.39 is 29.3 Å². The second kappa shape index (κ2) is 7.81. The minimum atomic E-state index is -0.825. The highest BCUT2D eigenvalue weighted by molar-refractivity contribution is 7.14. The number of hydrogen-bond donors (Lipinski definition) is 1. The van der Waals surface area contributed by atoms with Gasteiger partial charge in [0.05, 0.1) is 48.8 Å². The van der Waals surface area contributed by atoms with E-state index in [-0.39, 0.29) is 5.57 Å². The fraction of sp³-hybridized carbons (Fsp3) is 0.350. The molecule has 0 aliphatic carbocycles. The molecule has 3 rings (SSSR count). The quantitative estimate of drug-likeness (QED) is 0.710. The summed E-state index contributed by atoms with van der Waals surface area (Å²) in [5.74, 6) is -2.39. The van der Waals surface area contributed by atoms with Crippen LogP contribution in [0.1, 0.15) is 32.0 Å². The number of aromatic nitrogens is 1. The Bertz CT molecular complexity index is 950. The lowest BCUT2D eigenvalue weighted by Gasteiger charge is -2.28. The highest BCUT2D eigenvalue weighted by atomic mass is 32.1. The highest BCUT2D eigenvalue weighted by Gasteiger charge is 2.40. The molecule has 0 spiro atoms. The van der Waals surface area contributed by atoms with Crippen molar-refractivity contribution in [2.24, 2.45) is 0 Å². The first-order chi connectivity index (χ1) is 13.2. The molecular weight excluding hydrogens is 381 g/mol. The smallest absolute Gasteiger partial charge is 0.240 e. The van der Waals surface area contributed by atoms with E-state index in [9.17, 15) is 19.1 Å². The second-order valence-corrected chi connectivity index (χ2v) is 8.33. The predicted molar refractivity (Wildman–Crippen MR) is 101 cm³/mol. The van der Waals surface area contributed by atoms with Crippen molar-refractivity contribution in [3.8, 4) is 0 Å². The zero-order valence-corrected chi connectivity index (χ0v) is 17.0. The first-order valence-corrected chi connectivity index (χ1v) is 9.77. The Morgan fingerprint density at radius 2 is 1.93 bits per heavy atom. The van der Waals surface area contributed by atoms with Gasteiger partial charge in [0.15, 0.2) is 0 Å². The number of rotatable bonds is 6. The first kappa shape index (κ1) is 20.2. The van der Waals surface area contributed by atoms with Crippen LogP contribution in [0.5, 0.6) is 0 Å². The number of hydrogen-bond acceptors (Lipinski definition) is 5. The molecule has 1 aromatic carbocycles. The number of benzene rings is 1. The van der Waals surface area contributed by atoms with Gasteiger partial charge in [-0.1, -0.05) is 12.1 Å². The predicted octanol–water partition coefficient (Wildman–Crippen LogP) is 0.424. The normalized spacial score (nSPS) is 17.1. The molecule has 0 fully saturated rings. The monoisotopic (exact) mass is 403 g/mol. The van der Waals surface area contributed by atoms with E-state index in [0.29, 0.717) is 34.2 Å². The Labute approximate surface area is 166 Å². The van der Waals surface area contributed by atoms with Crippen molar-refractivity contribution in [1.82, 2.24) is 9.88 Å². The number of ketones is 1. The number of nitrogens with zero attached hydrogens (tertiary/aromatic N) is 2. The van der Waals surface area contributed by atoms with Crippen molar-refractivity contribution < 1.29 is 24.0 Å². The highest BCUT2D eigenvalue weighted by Crippen LogP contribution is 2.39. The van der Waals surface area contributed by atoms with E-state index in [0.717, 1.165) is 4.90 Å². The van der Waals surface area contributed by atoms with Crippen molar-refractivity contribution in [1.29, 1.82) is 0 Å². The van der Waals surface area contributed by atoms with Crippen molar-refractivity contribution in [2.75, 3.05) is 27.2 Å². The van der Waals surface area contributed by atoms with Gasteiger partial charge in [0, 0.05) is 5.57 Å². The van der Waals surface area contributed by atoms with Crippen LogP contribution < -0.4 is 10.0 Å². The molecule has 1 atom stereocenters. The number of nitrogens with one attached hydrogen (secondary N) is 1. The van der Waals surface area contributed by atoms with E-state index >= 15 is 0 Å². The molecule has 0 saturated heterocycles. The molecule has 0 saturated carbocycles. The van der Waals surface area contributed by atoms with E-state index in [1.165, 1.54) is 40.5 Å². The number of halogens is 1. The van der Waals surface area contributed by atoms with Gasteiger partial charge in [0.25, 0.3) is 0 Å². The van der Waals surface area contributed by atoms with E-state index in [1.807, 2.05) is 14.1 Å². The maximum atomic E-state index is 13.4. The zero-order chi connectivity index (χ0) is 20.6. The Morgan fingerprint density at radius 3 is 2.46 bits per heavy atom. The summed E-state index contributed by atoms with van der Waals surface area (Å²) in [5.41, 5.74) is 0.989. The van der Waals surface area contributed by atoms with Crippen LogP contribution in [0.4, 0.5) is 4.39 Å². The Balaban J connectivity index is 2.08. The summed E-state index contributed by atoms with van der Waals surface area (Å²) in [4.78, 5) is 33.1. The number of thiazole rings is 1. The summed E-state index contributed by atoms with van der Waals surface area (Å²) < 4.78 is 13.4. The molecule has 8 heteroatoms. The topological polar surface area (TPSA) is 77.8 Å². The van der Waals surface area contributed by atoms with Crippen molar-refractivity contribution in [2.45, 2.75) is 19.9 Å². The molecule has 1 aliphatic rings. The van der Waals surface area contributed by atoms with Crippen LogP contribution in [-0.4, -0.2) is 48.8 Å². The summed E-state index contributed by atoms with van der Waals surface area (Å²) in [6, 6.07) is 4.73. The Kier molecular flexibility index (Phi) is 5.62. The van der Waals surface area contributed by atoms with Gasteiger partial charge in [-0.15, -0.1) is 11.3 Å². The molecule has 1 N–H and O–H groups in total. The molecule has 0 bridgehead atoms. The third-order valence-corrected chi connectivity index (χ3v) is 5.75. The maximum Gasteiger partial charge on any atom is 0.240 e. The molecular formula is C20H22FN3O3S. The number of carbonyl (C=O) groups is 2. The van der Waals surface area contributed by atoms with Crippen LogP contribution in [0.15, 0.2) is 35.6 Å². The average molecular weight is 403 g/mol. The number of quaternary nitrogens is 1. The van der Waals surface area contributed by atoms with E-state index in [2.05, 4.69) is 4.98 Å². The molecule has 6 nitrogen and oxygen atoms in total. The third-order valence-electron chi connectivity index (χ3n) is 4.68. The SMILES string of the molecule is Cc1nc(C)c(C(=O)C2=C([O-])C(=O)N(CC[NH+](C)C)C2c2ccc(F)cc2)s1. The second-order valence-electron chi connectivity index (χ2n) is 7.13. The summed E-state index contributed by atoms with van der Waals surface area (Å²) in [5, 5.41) is 13.5. The van der Waals surface area contributed by atoms with Gasteiger partial charge in [-0.2, -0.15) is 0 Å². The lowest BCUT2D eigenvalue weighted by Crippen LogP contribution is -3.06. The Morgan fingerprint density at radius 1 is 1.29 bits per heavy atom. The van der Waals surface area contributed by atoms with Crippen LogP contribution >= 0.6 is 11.3 Å². The summed E-state index contributed by atoms with van der Waals surface area (Å²) in [6.45, 7) is 4.41. The first-order valence-electron chi connectivity index (χ1n) is 8.96. The lowest BCUT2D eigenvalue weighted by molar-refractivity contribution is -0.857. The molecule has 28 heavy (non-hydrogen) atoms. The molecule has 2 heterocycles. The molecule has 1 aromatic heterocycles. The molecule has 148 valence electrons. The summed E-state index contributed by atoms with van der Waals surface area (Å²) in [7, 11) is 3.88. The van der Waals surface area contributed by atoms with E-state index in [1.54, 1.807) is 13.8 Å². The standard InChI is InChI=1S/C20H22FN3O3S/c1-11-19(28-12(2)22-11)17(25)15-16(13-5-7-14(21)8-6-13)24(10-9-23(3)4)20(27)18(15)26/h5-8,16,26H,9-10H2,1-4H3. The number of amides is 1. The van der Waals surface area contributed by atoms with Crippen LogP contribution in [0.25, 0.3) is 0 Å². The lowest BCUT2D eigenvalue weighted by atomic mass is 9.95. The summed E-state index contributed by atoms with van der Waals surface area (Å²) >= 11 is 1.20. The number of aryl methyl sites for hydroxylation is 2. The average Bonchev–Trinajstić information content (AvgIpc) is 3.10. The van der Waals surface area contributed by atoms with Crippen LogP contribution in [-0.2, 0) is 4.79 Å². The number of carbonyl (C=O) groups excluding carboxylic acids is 2. The third kappa shape index (κ3) is 3.70. The molecule has 1 unspecified atom stereocenters. The fourth-order valence-corrected chi connectivity index (χ4v) is 4.17. The molecule has 1 amide bonds. The maximum absolute atomic E-state index is 13.4. The number of likely N-dealkylation sites (N-methyl/N-ethyl adjacent to an activating group) is 1. The minimum Gasteiger partial charge on any atom is -0.868 e. The number of Topliss-reactive ketones (excluding diaryl/α,β-unsaturated/α-hetero) is 1. The van der Waals surface area contributed by atoms with Gasteiger partial charge < -0.3 is 14.9 Å². The fourth-order valence-electron chi connectivity index (χ4n) is 3.30. The minimum absolute atomic E-state index is 0.0860. The molecule has 1 aliphatic heterocycles. The summed E-state index contributed by atoms with van der Waals surface area (Å²) in [6.07, 6.45) is 0. The van der Waals surface area contributed by atoms with Crippen molar-refractivity contribution in [3.05, 3.63) is 62.6 Å². The molecule has 2 aromatic rings. The van der Waals surface area contributed by atoms with Crippen molar-refractivity contribution in [3.63, 3.8) is 0 Å². The Hall–Kier alpha value is -2.58. The largest absolute Gasteiger partial charge is 0.868 e. The van der Waals surface area contributed by atoms with Gasteiger partial charge in [-0.25, -0.2) is 9.37 Å². The van der Waals surface area contributed by atoms with Gasteiger partial charge in [-0.3, -0.25) is 9.59 Å². The van der Waals surface area contributed by atoms with Crippen molar-refractivity contribution >= 4 is 23.0 Å². The molecule has 0 radical (unpaired) electrons. The van der Waals surface area contributed by atoms with Gasteiger partial charge in [0.1, 0.15) is 5.82 Å². The van der Waals surface area contributed by atoms with E-state index in [4.69, 9.17) is 0 Å². The van der Waals surface area contributed by atoms with Gasteiger partial charge in [-0.05, 0) is 37.3 Å². The van der Waals surface area contributed by atoms with Crippen LogP contribution in [0.3, 0.4) is 0 Å².